The molecule has 0 aromatic heterocycles. The molecule has 0 saturated carbocycles. The van der Waals surface area contributed by atoms with Crippen LogP contribution in [0.5, 0.6) is 0 Å². The largest absolute Gasteiger partial charge is 0.481 e. The fourth-order valence-corrected chi connectivity index (χ4v) is 1.42. The van der Waals surface area contributed by atoms with Gasteiger partial charge < -0.3 is 15.2 Å². The zero-order valence-corrected chi connectivity index (χ0v) is 10.7. The number of ether oxygens (including phenoxy) is 1. The van der Waals surface area contributed by atoms with Crippen molar-refractivity contribution in [1.82, 2.24) is 0 Å². The average Bonchev–Trinajstić information content (AvgIpc) is 2.37. The molecule has 1 atom stereocenters. The number of carboxylic acids is 1. The normalized spacial score (nSPS) is 11.5. The van der Waals surface area contributed by atoms with Gasteiger partial charge >= 0.3 is 11.9 Å². The number of esters is 1. The lowest BCUT2D eigenvalue weighted by molar-refractivity contribution is -0.142. The van der Waals surface area contributed by atoms with E-state index in [1.807, 2.05) is 0 Å². The summed E-state index contributed by atoms with van der Waals surface area (Å²) < 4.78 is 4.56. The van der Waals surface area contributed by atoms with Crippen molar-refractivity contribution in [2.45, 2.75) is 13.3 Å². The van der Waals surface area contributed by atoms with E-state index in [1.165, 1.54) is 20.1 Å². The van der Waals surface area contributed by atoms with Crippen LogP contribution in [-0.4, -0.2) is 30.1 Å². The highest BCUT2D eigenvalue weighted by molar-refractivity contribution is 5.95. The van der Waals surface area contributed by atoms with Gasteiger partial charge in [0.25, 0.3) is 0 Å². The van der Waals surface area contributed by atoms with Crippen LogP contribution in [0.15, 0.2) is 24.3 Å². The van der Waals surface area contributed by atoms with Crippen LogP contribution in [0, 0.1) is 5.92 Å². The highest BCUT2D eigenvalue weighted by atomic mass is 16.5. The van der Waals surface area contributed by atoms with Crippen molar-refractivity contribution < 1.29 is 24.2 Å². The maximum atomic E-state index is 11.6. The number of carboxylic acid groups (broad SMARTS) is 1. The molecule has 1 aromatic rings. The SMILES string of the molecule is COC(=O)c1cccc(NC(=O)CC(C)C(=O)O)c1. The van der Waals surface area contributed by atoms with Gasteiger partial charge in [0.1, 0.15) is 0 Å². The molecule has 0 spiro atoms. The van der Waals surface area contributed by atoms with Gasteiger partial charge in [-0.1, -0.05) is 13.0 Å². The second-order valence-corrected chi connectivity index (χ2v) is 4.06. The van der Waals surface area contributed by atoms with Crippen molar-refractivity contribution in [2.75, 3.05) is 12.4 Å². The van der Waals surface area contributed by atoms with Crippen LogP contribution >= 0.6 is 0 Å². The summed E-state index contributed by atoms with van der Waals surface area (Å²) in [4.78, 5) is 33.5. The quantitative estimate of drug-likeness (QED) is 0.787. The Bertz CT molecular complexity index is 498. The van der Waals surface area contributed by atoms with Gasteiger partial charge in [-0.3, -0.25) is 9.59 Å². The van der Waals surface area contributed by atoms with E-state index in [0.29, 0.717) is 11.3 Å². The van der Waals surface area contributed by atoms with E-state index in [2.05, 4.69) is 10.1 Å². The number of methoxy groups -OCH3 is 1. The van der Waals surface area contributed by atoms with Gasteiger partial charge in [-0.25, -0.2) is 4.79 Å². The molecule has 0 bridgehead atoms. The molecule has 0 radical (unpaired) electrons. The lowest BCUT2D eigenvalue weighted by atomic mass is 10.1. The molecule has 2 N–H and O–H groups in total. The van der Waals surface area contributed by atoms with Crippen molar-refractivity contribution in [3.8, 4) is 0 Å². The Labute approximate surface area is 110 Å². The third-order valence-electron chi connectivity index (χ3n) is 2.48. The first-order valence-corrected chi connectivity index (χ1v) is 5.65. The van der Waals surface area contributed by atoms with Crippen LogP contribution in [0.2, 0.25) is 0 Å². The minimum atomic E-state index is -1.03. The number of nitrogens with one attached hydrogen (secondary N) is 1. The van der Waals surface area contributed by atoms with Crippen LogP contribution < -0.4 is 5.32 Å². The van der Waals surface area contributed by atoms with E-state index in [4.69, 9.17) is 5.11 Å². The summed E-state index contributed by atoms with van der Waals surface area (Å²) in [6.07, 6.45) is -0.127. The van der Waals surface area contributed by atoms with E-state index < -0.39 is 23.8 Å². The number of aliphatic carboxylic acids is 1. The Balaban J connectivity index is 2.69. The summed E-state index contributed by atoms with van der Waals surface area (Å²) in [5.41, 5.74) is 0.733. The van der Waals surface area contributed by atoms with Crippen LogP contribution in [0.1, 0.15) is 23.7 Å². The summed E-state index contributed by atoms with van der Waals surface area (Å²) in [5.74, 6) is -2.71. The minimum absolute atomic E-state index is 0.127. The lowest BCUT2D eigenvalue weighted by Crippen LogP contribution is -2.20. The fraction of sp³-hybridized carbons (Fsp3) is 0.308. The zero-order valence-electron chi connectivity index (χ0n) is 10.7. The van der Waals surface area contributed by atoms with Gasteiger partial charge in [0.2, 0.25) is 5.91 Å². The molecule has 0 aliphatic carbocycles. The number of carbonyl (C=O) groups is 3. The number of benzene rings is 1. The lowest BCUT2D eigenvalue weighted by Gasteiger charge is -2.08. The van der Waals surface area contributed by atoms with Gasteiger partial charge in [0, 0.05) is 12.1 Å². The van der Waals surface area contributed by atoms with Gasteiger partial charge in [-0.15, -0.1) is 0 Å². The molecule has 6 nitrogen and oxygen atoms in total. The van der Waals surface area contributed by atoms with E-state index >= 15 is 0 Å². The highest BCUT2D eigenvalue weighted by Gasteiger charge is 2.16. The monoisotopic (exact) mass is 265 g/mol. The number of hydrogen-bond acceptors (Lipinski definition) is 4. The molecule has 1 unspecified atom stereocenters. The molecule has 1 aromatic carbocycles. The zero-order chi connectivity index (χ0) is 14.4. The first-order valence-electron chi connectivity index (χ1n) is 5.65. The van der Waals surface area contributed by atoms with E-state index in [0.717, 1.165) is 0 Å². The van der Waals surface area contributed by atoms with Gasteiger partial charge in [-0.2, -0.15) is 0 Å². The van der Waals surface area contributed by atoms with Crippen molar-refractivity contribution in [1.29, 1.82) is 0 Å². The first-order chi connectivity index (χ1) is 8.93. The molecule has 6 heteroatoms. The summed E-state index contributed by atoms with van der Waals surface area (Å²) >= 11 is 0. The standard InChI is InChI=1S/C13H15NO5/c1-8(12(16)17)6-11(15)14-10-5-3-4-9(7-10)13(18)19-2/h3-5,7-8H,6H2,1-2H3,(H,14,15)(H,16,17). The van der Waals surface area contributed by atoms with Crippen LogP contribution in [0.25, 0.3) is 0 Å². The first kappa shape index (κ1) is 14.7. The van der Waals surface area contributed by atoms with E-state index in [-0.39, 0.29) is 6.42 Å². The van der Waals surface area contributed by atoms with Crippen molar-refractivity contribution in [3.63, 3.8) is 0 Å². The maximum absolute atomic E-state index is 11.6. The summed E-state index contributed by atoms with van der Waals surface area (Å²) in [6.45, 7) is 1.45. The Kier molecular flexibility index (Phi) is 5.05. The Hall–Kier alpha value is -2.37. The van der Waals surface area contributed by atoms with Crippen molar-refractivity contribution in [3.05, 3.63) is 29.8 Å². The second-order valence-electron chi connectivity index (χ2n) is 4.06. The van der Waals surface area contributed by atoms with Gasteiger partial charge in [0.05, 0.1) is 18.6 Å². The fourth-order valence-electron chi connectivity index (χ4n) is 1.42. The average molecular weight is 265 g/mol. The summed E-state index contributed by atoms with van der Waals surface area (Å²) in [7, 11) is 1.27. The van der Waals surface area contributed by atoms with Crippen molar-refractivity contribution >= 4 is 23.5 Å². The summed E-state index contributed by atoms with van der Waals surface area (Å²) in [6, 6.07) is 6.23. The van der Waals surface area contributed by atoms with E-state index in [9.17, 15) is 14.4 Å². The van der Waals surface area contributed by atoms with Crippen LogP contribution in [0.3, 0.4) is 0 Å². The highest BCUT2D eigenvalue weighted by Crippen LogP contribution is 2.13. The molecule has 102 valence electrons. The topological polar surface area (TPSA) is 92.7 Å². The minimum Gasteiger partial charge on any atom is -0.481 e. The van der Waals surface area contributed by atoms with Gasteiger partial charge in [-0.05, 0) is 18.2 Å². The molecule has 0 saturated heterocycles. The predicted molar refractivity (Wildman–Crippen MR) is 67.8 cm³/mol. The molecule has 1 rings (SSSR count). The predicted octanol–water partition coefficient (Wildman–Crippen LogP) is 1.52. The summed E-state index contributed by atoms with van der Waals surface area (Å²) in [5, 5.41) is 11.2. The third-order valence-corrected chi connectivity index (χ3v) is 2.48. The molecule has 0 aliphatic heterocycles. The Morgan fingerprint density at radius 1 is 1.37 bits per heavy atom. The molecular formula is C13H15NO5. The number of hydrogen-bond donors (Lipinski definition) is 2. The number of amides is 1. The number of carbonyl (C=O) groups excluding carboxylic acids is 2. The number of rotatable bonds is 5. The Morgan fingerprint density at radius 3 is 2.63 bits per heavy atom. The third kappa shape index (κ3) is 4.42. The number of anilines is 1. The van der Waals surface area contributed by atoms with Crippen molar-refractivity contribution in [2.24, 2.45) is 5.92 Å². The molecule has 19 heavy (non-hydrogen) atoms. The molecule has 0 aliphatic rings. The molecule has 0 heterocycles. The van der Waals surface area contributed by atoms with E-state index in [1.54, 1.807) is 18.2 Å². The maximum Gasteiger partial charge on any atom is 0.337 e. The molecule has 1 amide bonds. The Morgan fingerprint density at radius 2 is 2.05 bits per heavy atom. The molecular weight excluding hydrogens is 250 g/mol. The second kappa shape index (κ2) is 6.53. The van der Waals surface area contributed by atoms with Crippen LogP contribution in [-0.2, 0) is 14.3 Å². The smallest absolute Gasteiger partial charge is 0.337 e. The van der Waals surface area contributed by atoms with Gasteiger partial charge in [0.15, 0.2) is 0 Å². The molecule has 0 fully saturated rings. The van der Waals surface area contributed by atoms with Crippen LogP contribution in [0.4, 0.5) is 5.69 Å².